The van der Waals surface area contributed by atoms with Crippen LogP contribution >= 0.6 is 0 Å². The molecule has 0 aliphatic carbocycles. The largest absolute Gasteiger partial charge is 0.290 e. The van der Waals surface area contributed by atoms with Crippen molar-refractivity contribution in [3.8, 4) is 0 Å². The van der Waals surface area contributed by atoms with Gasteiger partial charge in [-0.2, -0.15) is 4.31 Å². The smallest absolute Gasteiger partial charge is 0.243 e. The fourth-order valence-electron chi connectivity index (χ4n) is 3.84. The predicted octanol–water partition coefficient (Wildman–Crippen LogP) is 3.92. The Morgan fingerprint density at radius 2 is 1.17 bits per heavy atom. The Kier molecular flexibility index (Phi) is 5.76. The van der Waals surface area contributed by atoms with Crippen molar-refractivity contribution in [1.29, 1.82) is 0 Å². The van der Waals surface area contributed by atoms with Gasteiger partial charge in [-0.25, -0.2) is 12.8 Å². The summed E-state index contributed by atoms with van der Waals surface area (Å²) < 4.78 is 40.5. The molecule has 150 valence electrons. The molecule has 0 saturated carbocycles. The van der Waals surface area contributed by atoms with Gasteiger partial charge < -0.3 is 0 Å². The first-order valence-corrected chi connectivity index (χ1v) is 11.1. The highest BCUT2D eigenvalue weighted by Crippen LogP contribution is 2.30. The maximum Gasteiger partial charge on any atom is 0.243 e. The van der Waals surface area contributed by atoms with Gasteiger partial charge in [-0.1, -0.05) is 60.7 Å². The van der Waals surface area contributed by atoms with E-state index in [2.05, 4.69) is 29.2 Å². The summed E-state index contributed by atoms with van der Waals surface area (Å²) in [5.41, 5.74) is 2.38. The number of benzene rings is 3. The molecule has 0 bridgehead atoms. The molecule has 0 atom stereocenters. The van der Waals surface area contributed by atoms with Gasteiger partial charge in [0.1, 0.15) is 5.82 Å². The van der Waals surface area contributed by atoms with Crippen LogP contribution in [0.1, 0.15) is 17.2 Å². The third kappa shape index (κ3) is 4.24. The van der Waals surface area contributed by atoms with Gasteiger partial charge in [0.2, 0.25) is 10.0 Å². The Hall–Kier alpha value is -2.54. The predicted molar refractivity (Wildman–Crippen MR) is 111 cm³/mol. The summed E-state index contributed by atoms with van der Waals surface area (Å²) in [5.74, 6) is -0.442. The summed E-state index contributed by atoms with van der Waals surface area (Å²) >= 11 is 0. The molecule has 29 heavy (non-hydrogen) atoms. The summed E-state index contributed by atoms with van der Waals surface area (Å²) in [6, 6.07) is 25.7. The molecule has 1 aliphatic heterocycles. The van der Waals surface area contributed by atoms with Crippen LogP contribution < -0.4 is 0 Å². The van der Waals surface area contributed by atoms with Crippen LogP contribution in [0, 0.1) is 5.82 Å². The quantitative estimate of drug-likeness (QED) is 0.640. The van der Waals surface area contributed by atoms with E-state index in [-0.39, 0.29) is 10.9 Å². The van der Waals surface area contributed by atoms with Crippen LogP contribution in [-0.4, -0.2) is 43.8 Å². The molecule has 0 aromatic heterocycles. The Balaban J connectivity index is 1.55. The van der Waals surface area contributed by atoms with E-state index in [1.807, 2.05) is 36.4 Å². The van der Waals surface area contributed by atoms with Crippen molar-refractivity contribution in [3.63, 3.8) is 0 Å². The number of nitrogens with zero attached hydrogens (tertiary/aromatic N) is 2. The molecule has 4 nitrogen and oxygen atoms in total. The fourth-order valence-corrected chi connectivity index (χ4v) is 5.26. The zero-order chi connectivity index (χ0) is 20.3. The molecule has 1 aliphatic rings. The average Bonchev–Trinajstić information content (AvgIpc) is 2.76. The lowest BCUT2D eigenvalue weighted by Gasteiger charge is -2.39. The fraction of sp³-hybridized carbons (Fsp3) is 0.217. The first-order valence-electron chi connectivity index (χ1n) is 9.65. The molecule has 0 amide bonds. The van der Waals surface area contributed by atoms with E-state index in [1.54, 1.807) is 0 Å². The van der Waals surface area contributed by atoms with E-state index in [9.17, 15) is 12.8 Å². The van der Waals surface area contributed by atoms with Crippen molar-refractivity contribution in [3.05, 3.63) is 102 Å². The van der Waals surface area contributed by atoms with E-state index in [4.69, 9.17) is 0 Å². The van der Waals surface area contributed by atoms with Gasteiger partial charge in [0.15, 0.2) is 0 Å². The zero-order valence-corrected chi connectivity index (χ0v) is 16.8. The lowest BCUT2D eigenvalue weighted by Crippen LogP contribution is -2.49. The van der Waals surface area contributed by atoms with Crippen molar-refractivity contribution >= 4 is 10.0 Å². The highest BCUT2D eigenvalue weighted by atomic mass is 32.2. The number of piperazine rings is 1. The van der Waals surface area contributed by atoms with Crippen LogP contribution in [0.15, 0.2) is 89.8 Å². The van der Waals surface area contributed by atoms with E-state index in [0.29, 0.717) is 26.2 Å². The van der Waals surface area contributed by atoms with Crippen LogP contribution in [0.5, 0.6) is 0 Å². The second kappa shape index (κ2) is 8.45. The molecule has 1 heterocycles. The summed E-state index contributed by atoms with van der Waals surface area (Å²) in [4.78, 5) is 2.46. The van der Waals surface area contributed by atoms with Crippen molar-refractivity contribution in [2.45, 2.75) is 10.9 Å². The molecule has 3 aromatic carbocycles. The van der Waals surface area contributed by atoms with Crippen LogP contribution in [0.4, 0.5) is 4.39 Å². The number of rotatable bonds is 5. The average molecular weight is 411 g/mol. The van der Waals surface area contributed by atoms with E-state index < -0.39 is 15.8 Å². The Bertz CT molecular complexity index is 994. The Labute approximate surface area is 171 Å². The molecular weight excluding hydrogens is 387 g/mol. The lowest BCUT2D eigenvalue weighted by molar-refractivity contribution is 0.156. The molecule has 0 N–H and O–H groups in total. The first-order chi connectivity index (χ1) is 14.1. The Morgan fingerprint density at radius 1 is 0.690 bits per heavy atom. The van der Waals surface area contributed by atoms with Gasteiger partial charge in [-0.3, -0.25) is 4.90 Å². The highest BCUT2D eigenvalue weighted by Gasteiger charge is 2.32. The molecule has 4 rings (SSSR count). The minimum Gasteiger partial charge on any atom is -0.290 e. The summed E-state index contributed by atoms with van der Waals surface area (Å²) in [5, 5.41) is 0. The van der Waals surface area contributed by atoms with Gasteiger partial charge in [0.25, 0.3) is 0 Å². The van der Waals surface area contributed by atoms with E-state index in [0.717, 1.165) is 0 Å². The third-order valence-corrected chi connectivity index (χ3v) is 7.23. The standard InChI is InChI=1S/C23H23FN2O2S/c24-21-11-13-22(14-12-21)29(27,28)26-17-15-25(16-18-26)23(19-7-3-1-4-8-19)20-9-5-2-6-10-20/h1-14,23H,15-18H2. The van der Waals surface area contributed by atoms with E-state index >= 15 is 0 Å². The number of halogens is 1. The summed E-state index contributed by atoms with van der Waals surface area (Å²) in [7, 11) is -3.62. The van der Waals surface area contributed by atoms with Crippen LogP contribution in [-0.2, 0) is 10.0 Å². The third-order valence-electron chi connectivity index (χ3n) is 5.32. The maximum atomic E-state index is 13.2. The van der Waals surface area contributed by atoms with Crippen molar-refractivity contribution in [2.75, 3.05) is 26.2 Å². The molecule has 6 heteroatoms. The zero-order valence-electron chi connectivity index (χ0n) is 16.0. The molecule has 3 aromatic rings. The van der Waals surface area contributed by atoms with Gasteiger partial charge in [0.05, 0.1) is 10.9 Å². The van der Waals surface area contributed by atoms with Crippen LogP contribution in [0.2, 0.25) is 0 Å². The molecule has 1 saturated heterocycles. The normalized spacial score (nSPS) is 16.2. The summed E-state index contributed by atoms with van der Waals surface area (Å²) in [6.07, 6.45) is 0. The van der Waals surface area contributed by atoms with Crippen LogP contribution in [0.3, 0.4) is 0 Å². The van der Waals surface area contributed by atoms with E-state index in [1.165, 1.54) is 39.7 Å². The SMILES string of the molecule is O=S(=O)(c1ccc(F)cc1)N1CCN(C(c2ccccc2)c2ccccc2)CC1. The van der Waals surface area contributed by atoms with Gasteiger partial charge >= 0.3 is 0 Å². The molecule has 0 unspecified atom stereocenters. The monoisotopic (exact) mass is 410 g/mol. The van der Waals surface area contributed by atoms with Crippen molar-refractivity contribution in [1.82, 2.24) is 9.21 Å². The van der Waals surface area contributed by atoms with Crippen molar-refractivity contribution in [2.24, 2.45) is 0 Å². The molecule has 0 spiro atoms. The molecule has 1 fully saturated rings. The number of hydrogen-bond acceptors (Lipinski definition) is 3. The summed E-state index contributed by atoms with van der Waals surface area (Å²) in [6.45, 7) is 2.04. The lowest BCUT2D eigenvalue weighted by atomic mass is 9.96. The second-order valence-electron chi connectivity index (χ2n) is 7.12. The first kappa shape index (κ1) is 19.8. The highest BCUT2D eigenvalue weighted by molar-refractivity contribution is 7.89. The van der Waals surface area contributed by atoms with Gasteiger partial charge in [-0.15, -0.1) is 0 Å². The minimum atomic E-state index is -3.62. The Morgan fingerprint density at radius 3 is 1.66 bits per heavy atom. The topological polar surface area (TPSA) is 40.6 Å². The van der Waals surface area contributed by atoms with Gasteiger partial charge in [0, 0.05) is 26.2 Å². The van der Waals surface area contributed by atoms with Gasteiger partial charge in [-0.05, 0) is 35.4 Å². The van der Waals surface area contributed by atoms with Crippen molar-refractivity contribution < 1.29 is 12.8 Å². The maximum absolute atomic E-state index is 13.2. The van der Waals surface area contributed by atoms with Crippen LogP contribution in [0.25, 0.3) is 0 Å². The molecule has 0 radical (unpaired) electrons. The second-order valence-corrected chi connectivity index (χ2v) is 9.06. The number of sulfonamides is 1. The molecular formula is C23H23FN2O2S. The minimum absolute atomic E-state index is 0.0769. The number of hydrogen-bond donors (Lipinski definition) is 0.